The molecule has 1 aliphatic rings. The van der Waals surface area contributed by atoms with Gasteiger partial charge in [-0.3, -0.25) is 4.79 Å². The summed E-state index contributed by atoms with van der Waals surface area (Å²) in [6.07, 6.45) is -2.15. The molecule has 1 aliphatic heterocycles. The van der Waals surface area contributed by atoms with Gasteiger partial charge in [0.1, 0.15) is 5.82 Å². The van der Waals surface area contributed by atoms with Crippen molar-refractivity contribution in [3.05, 3.63) is 71.0 Å². The van der Waals surface area contributed by atoms with E-state index >= 15 is 0 Å². The normalized spacial score (nSPS) is 16.8. The number of hydrogen-bond donors (Lipinski definition) is 1. The number of carbonyl (C=O) groups is 1. The summed E-state index contributed by atoms with van der Waals surface area (Å²) >= 11 is 0. The first kappa shape index (κ1) is 24.2. The summed E-state index contributed by atoms with van der Waals surface area (Å²) in [4.78, 5) is 15.1. The van der Waals surface area contributed by atoms with Gasteiger partial charge in [-0.05, 0) is 73.7 Å². The van der Waals surface area contributed by atoms with E-state index in [2.05, 4.69) is 10.2 Å². The fourth-order valence-corrected chi connectivity index (χ4v) is 4.14. The van der Waals surface area contributed by atoms with E-state index in [0.717, 1.165) is 55.7 Å². The molecule has 0 radical (unpaired) electrons. The Labute approximate surface area is 186 Å². The third kappa shape index (κ3) is 6.55. The first-order valence-electron chi connectivity index (χ1n) is 11.1. The number of carbonyl (C=O) groups excluding carboxylic acids is 1. The maximum absolute atomic E-state index is 13.2. The minimum Gasteiger partial charge on any atom is -0.349 e. The molecule has 0 aliphatic carbocycles. The molecule has 3 nitrogen and oxygen atoms in total. The zero-order valence-corrected chi connectivity index (χ0v) is 18.5. The number of alkyl halides is 3. The Morgan fingerprint density at radius 3 is 2.16 bits per heavy atom. The molecule has 174 valence electrons. The zero-order valence-electron chi connectivity index (χ0n) is 18.5. The van der Waals surface area contributed by atoms with Crippen LogP contribution in [0.25, 0.3) is 0 Å². The van der Waals surface area contributed by atoms with Crippen LogP contribution in [0.4, 0.5) is 17.6 Å². The standard InChI is InChI=1S/C25H30F4N2O/c1-17(2)23(19-5-9-22(26)10-6-19)30-24(32)20-12-15-31(16-13-20)14-11-18-3-7-21(8-4-18)25(27,28)29/h3-10,17,20,23H,11-16H2,1-2H3,(H,30,32)/t23-/m1/s1. The lowest BCUT2D eigenvalue weighted by Crippen LogP contribution is -2.42. The van der Waals surface area contributed by atoms with Crippen molar-refractivity contribution in [3.8, 4) is 0 Å². The van der Waals surface area contributed by atoms with Crippen molar-refractivity contribution in [1.29, 1.82) is 0 Å². The highest BCUT2D eigenvalue weighted by Crippen LogP contribution is 2.29. The largest absolute Gasteiger partial charge is 0.416 e. The van der Waals surface area contributed by atoms with Gasteiger partial charge in [-0.1, -0.05) is 38.1 Å². The SMILES string of the molecule is CC(C)[C@@H](NC(=O)C1CCN(CCc2ccc(C(F)(F)F)cc2)CC1)c1ccc(F)cc1. The van der Waals surface area contributed by atoms with Gasteiger partial charge in [-0.25, -0.2) is 4.39 Å². The molecule has 1 N–H and O–H groups in total. The third-order valence-electron chi connectivity index (χ3n) is 6.15. The van der Waals surface area contributed by atoms with E-state index in [1.165, 1.54) is 24.3 Å². The molecule has 1 atom stereocenters. The van der Waals surface area contributed by atoms with E-state index in [4.69, 9.17) is 0 Å². The summed E-state index contributed by atoms with van der Waals surface area (Å²) in [5.74, 6) is -0.172. The van der Waals surface area contributed by atoms with Crippen molar-refractivity contribution in [1.82, 2.24) is 10.2 Å². The van der Waals surface area contributed by atoms with Crippen molar-refractivity contribution < 1.29 is 22.4 Å². The highest BCUT2D eigenvalue weighted by atomic mass is 19.4. The number of piperidine rings is 1. The summed E-state index contributed by atoms with van der Waals surface area (Å²) < 4.78 is 51.3. The molecule has 0 spiro atoms. The van der Waals surface area contributed by atoms with Gasteiger partial charge in [0.2, 0.25) is 5.91 Å². The van der Waals surface area contributed by atoms with Gasteiger partial charge in [0.15, 0.2) is 0 Å². The van der Waals surface area contributed by atoms with Crippen LogP contribution >= 0.6 is 0 Å². The highest BCUT2D eigenvalue weighted by Gasteiger charge is 2.30. The molecular weight excluding hydrogens is 420 g/mol. The van der Waals surface area contributed by atoms with Crippen LogP contribution in [0.2, 0.25) is 0 Å². The Morgan fingerprint density at radius 1 is 1.03 bits per heavy atom. The average molecular weight is 451 g/mol. The Bertz CT molecular complexity index is 870. The molecule has 0 aromatic heterocycles. The van der Waals surface area contributed by atoms with Gasteiger partial charge < -0.3 is 10.2 Å². The lowest BCUT2D eigenvalue weighted by molar-refractivity contribution is -0.137. The summed E-state index contributed by atoms with van der Waals surface area (Å²) in [5.41, 5.74) is 1.13. The van der Waals surface area contributed by atoms with Crippen molar-refractivity contribution in [2.75, 3.05) is 19.6 Å². The smallest absolute Gasteiger partial charge is 0.349 e. The second-order valence-electron chi connectivity index (χ2n) is 8.84. The van der Waals surface area contributed by atoms with Gasteiger partial charge in [0.25, 0.3) is 0 Å². The van der Waals surface area contributed by atoms with Crippen LogP contribution in [-0.2, 0) is 17.4 Å². The molecule has 3 rings (SSSR count). The highest BCUT2D eigenvalue weighted by molar-refractivity contribution is 5.79. The lowest BCUT2D eigenvalue weighted by Gasteiger charge is -2.33. The number of rotatable bonds is 7. The summed E-state index contributed by atoms with van der Waals surface area (Å²) in [6.45, 7) is 6.36. The fourth-order valence-electron chi connectivity index (χ4n) is 4.14. The molecule has 1 heterocycles. The van der Waals surface area contributed by atoms with Crippen LogP contribution in [0.15, 0.2) is 48.5 Å². The number of amides is 1. The molecular formula is C25H30F4N2O. The molecule has 2 aromatic rings. The van der Waals surface area contributed by atoms with Crippen LogP contribution < -0.4 is 5.32 Å². The van der Waals surface area contributed by atoms with E-state index in [9.17, 15) is 22.4 Å². The molecule has 0 unspecified atom stereocenters. The fraction of sp³-hybridized carbons (Fsp3) is 0.480. The molecule has 0 bridgehead atoms. The second-order valence-corrected chi connectivity index (χ2v) is 8.84. The summed E-state index contributed by atoms with van der Waals surface area (Å²) in [5, 5.41) is 3.14. The predicted octanol–water partition coefficient (Wildman–Crippen LogP) is 5.61. The lowest BCUT2D eigenvalue weighted by atomic mass is 9.92. The van der Waals surface area contributed by atoms with Gasteiger partial charge in [-0.2, -0.15) is 13.2 Å². The van der Waals surface area contributed by atoms with Gasteiger partial charge in [-0.15, -0.1) is 0 Å². The number of likely N-dealkylation sites (tertiary alicyclic amines) is 1. The molecule has 0 saturated carbocycles. The molecule has 1 fully saturated rings. The maximum Gasteiger partial charge on any atom is 0.416 e. The van der Waals surface area contributed by atoms with Crippen molar-refractivity contribution >= 4 is 5.91 Å². The van der Waals surface area contributed by atoms with Crippen molar-refractivity contribution in [2.24, 2.45) is 11.8 Å². The van der Waals surface area contributed by atoms with Crippen LogP contribution in [0, 0.1) is 17.7 Å². The van der Waals surface area contributed by atoms with Crippen LogP contribution in [0.3, 0.4) is 0 Å². The summed E-state index contributed by atoms with van der Waals surface area (Å²) in [7, 11) is 0. The van der Waals surface area contributed by atoms with E-state index in [0.29, 0.717) is 6.42 Å². The number of nitrogens with zero attached hydrogens (tertiary/aromatic N) is 1. The molecule has 7 heteroatoms. The second kappa shape index (κ2) is 10.5. The van der Waals surface area contributed by atoms with E-state index in [-0.39, 0.29) is 29.6 Å². The Kier molecular flexibility index (Phi) is 7.93. The van der Waals surface area contributed by atoms with Gasteiger partial charge >= 0.3 is 6.18 Å². The van der Waals surface area contributed by atoms with Crippen molar-refractivity contribution in [3.63, 3.8) is 0 Å². The molecule has 1 amide bonds. The quantitative estimate of drug-likeness (QED) is 0.556. The summed E-state index contributed by atoms with van der Waals surface area (Å²) in [6, 6.07) is 11.4. The number of nitrogens with one attached hydrogen (secondary N) is 1. The van der Waals surface area contributed by atoms with E-state index in [1.54, 1.807) is 12.1 Å². The monoisotopic (exact) mass is 450 g/mol. The maximum atomic E-state index is 13.2. The van der Waals surface area contributed by atoms with E-state index in [1.807, 2.05) is 13.8 Å². The number of hydrogen-bond acceptors (Lipinski definition) is 2. The third-order valence-corrected chi connectivity index (χ3v) is 6.15. The minimum atomic E-state index is -4.31. The Hall–Kier alpha value is -2.41. The number of benzene rings is 2. The minimum absolute atomic E-state index is 0.0235. The zero-order chi connectivity index (χ0) is 23.3. The Morgan fingerprint density at radius 2 is 1.62 bits per heavy atom. The van der Waals surface area contributed by atoms with Gasteiger partial charge in [0, 0.05) is 12.5 Å². The first-order valence-corrected chi connectivity index (χ1v) is 11.1. The average Bonchev–Trinajstić information content (AvgIpc) is 2.76. The molecule has 1 saturated heterocycles. The van der Waals surface area contributed by atoms with Crippen LogP contribution in [0.1, 0.15) is 49.4 Å². The molecule has 32 heavy (non-hydrogen) atoms. The van der Waals surface area contributed by atoms with Gasteiger partial charge in [0.05, 0.1) is 11.6 Å². The van der Waals surface area contributed by atoms with Crippen molar-refractivity contribution in [2.45, 2.75) is 45.3 Å². The Balaban J connectivity index is 1.47. The predicted molar refractivity (Wildman–Crippen MR) is 116 cm³/mol. The molecule has 2 aromatic carbocycles. The number of halogens is 4. The van der Waals surface area contributed by atoms with E-state index < -0.39 is 11.7 Å². The topological polar surface area (TPSA) is 32.3 Å². The van der Waals surface area contributed by atoms with Crippen LogP contribution in [0.5, 0.6) is 0 Å². The van der Waals surface area contributed by atoms with Crippen LogP contribution in [-0.4, -0.2) is 30.4 Å². The first-order chi connectivity index (χ1) is 15.1.